The molecule has 5 nitrogen and oxygen atoms in total. The number of amides is 1. The number of nitrogens with one attached hydrogen (secondary N) is 1. The van der Waals surface area contributed by atoms with Crippen LogP contribution in [-0.2, 0) is 14.8 Å². The summed E-state index contributed by atoms with van der Waals surface area (Å²) < 4.78 is 51.6. The van der Waals surface area contributed by atoms with Gasteiger partial charge < -0.3 is 5.32 Å². The lowest BCUT2D eigenvalue weighted by Gasteiger charge is -2.20. The number of carbonyl (C=O) groups excluding carboxylic acids is 1. The van der Waals surface area contributed by atoms with Crippen molar-refractivity contribution in [3.05, 3.63) is 29.8 Å². The van der Waals surface area contributed by atoms with Crippen molar-refractivity contribution in [2.45, 2.75) is 31.7 Å². The van der Waals surface area contributed by atoms with E-state index in [2.05, 4.69) is 5.32 Å². The highest BCUT2D eigenvalue weighted by Gasteiger charge is 2.26. The average Bonchev–Trinajstić information content (AvgIpc) is 2.37. The Morgan fingerprint density at radius 2 is 1.90 bits per heavy atom. The minimum absolute atomic E-state index is 0.0346. The van der Waals surface area contributed by atoms with Crippen LogP contribution in [0.25, 0.3) is 0 Å². The molecule has 0 aliphatic rings. The maximum absolute atomic E-state index is 13.2. The first-order chi connectivity index (χ1) is 9.68. The molecular formula is C13H18F2N2O3S. The highest BCUT2D eigenvalue weighted by molar-refractivity contribution is 7.89. The number of rotatable bonds is 6. The summed E-state index contributed by atoms with van der Waals surface area (Å²) in [4.78, 5) is 11.3. The largest absolute Gasteiger partial charge is 0.353 e. The zero-order valence-corrected chi connectivity index (χ0v) is 12.9. The Morgan fingerprint density at radius 3 is 2.38 bits per heavy atom. The van der Waals surface area contributed by atoms with Crippen LogP contribution in [0.5, 0.6) is 0 Å². The van der Waals surface area contributed by atoms with Crippen LogP contribution in [0.3, 0.4) is 0 Å². The predicted octanol–water partition coefficient (Wildman–Crippen LogP) is 1.50. The van der Waals surface area contributed by atoms with Crippen LogP contribution in [0.4, 0.5) is 8.78 Å². The lowest BCUT2D eigenvalue weighted by atomic mass is 10.3. The van der Waals surface area contributed by atoms with E-state index >= 15 is 0 Å². The summed E-state index contributed by atoms with van der Waals surface area (Å²) in [6.45, 7) is 4.71. The lowest BCUT2D eigenvalue weighted by Crippen LogP contribution is -2.42. The van der Waals surface area contributed by atoms with Crippen molar-refractivity contribution in [3.8, 4) is 0 Å². The van der Waals surface area contributed by atoms with Gasteiger partial charge in [0.1, 0.15) is 0 Å². The van der Waals surface area contributed by atoms with Gasteiger partial charge in [0.15, 0.2) is 11.6 Å². The number of carbonyl (C=O) groups is 1. The molecule has 8 heteroatoms. The van der Waals surface area contributed by atoms with E-state index in [-0.39, 0.29) is 24.0 Å². The molecule has 0 atom stereocenters. The molecule has 0 unspecified atom stereocenters. The summed E-state index contributed by atoms with van der Waals surface area (Å²) in [5.74, 6) is -2.84. The molecule has 0 fully saturated rings. The standard InChI is InChI=1S/C13H18F2N2O3S/c1-4-17(8-13(18)16-9(2)3)21(19,20)10-5-6-11(14)12(15)7-10/h5-7,9H,4,8H2,1-3H3,(H,16,18). The third kappa shape index (κ3) is 4.47. The van der Waals surface area contributed by atoms with Crippen LogP contribution >= 0.6 is 0 Å². The number of benzene rings is 1. The van der Waals surface area contributed by atoms with Gasteiger partial charge in [-0.3, -0.25) is 4.79 Å². The van der Waals surface area contributed by atoms with Gasteiger partial charge in [0.2, 0.25) is 15.9 Å². The third-order valence-corrected chi connectivity index (χ3v) is 4.57. The van der Waals surface area contributed by atoms with Gasteiger partial charge >= 0.3 is 0 Å². The van der Waals surface area contributed by atoms with Crippen LogP contribution in [0.2, 0.25) is 0 Å². The highest BCUT2D eigenvalue weighted by Crippen LogP contribution is 2.18. The number of likely N-dealkylation sites (N-methyl/N-ethyl adjacent to an activating group) is 1. The molecule has 1 rings (SSSR count). The Kier molecular flexibility index (Phi) is 5.79. The Bertz CT molecular complexity index is 618. The van der Waals surface area contributed by atoms with Gasteiger partial charge in [-0.05, 0) is 32.0 Å². The van der Waals surface area contributed by atoms with Crippen LogP contribution in [0.1, 0.15) is 20.8 Å². The zero-order chi connectivity index (χ0) is 16.2. The van der Waals surface area contributed by atoms with E-state index in [1.54, 1.807) is 20.8 Å². The van der Waals surface area contributed by atoms with Crippen molar-refractivity contribution in [3.63, 3.8) is 0 Å². The van der Waals surface area contributed by atoms with E-state index in [1.165, 1.54) is 0 Å². The second-order valence-corrected chi connectivity index (χ2v) is 6.67. The first-order valence-corrected chi connectivity index (χ1v) is 7.87. The Balaban J connectivity index is 3.02. The first-order valence-electron chi connectivity index (χ1n) is 6.43. The number of nitrogens with zero attached hydrogens (tertiary/aromatic N) is 1. The summed E-state index contributed by atoms with van der Waals surface area (Å²) in [6, 6.07) is 2.19. The zero-order valence-electron chi connectivity index (χ0n) is 12.1. The monoisotopic (exact) mass is 320 g/mol. The molecule has 0 saturated carbocycles. The quantitative estimate of drug-likeness (QED) is 0.864. The van der Waals surface area contributed by atoms with Gasteiger partial charge in [-0.1, -0.05) is 6.92 Å². The summed E-state index contributed by atoms with van der Waals surface area (Å²) in [6.07, 6.45) is 0. The number of hydrogen-bond donors (Lipinski definition) is 1. The summed E-state index contributed by atoms with van der Waals surface area (Å²) in [5, 5.41) is 2.57. The first kappa shape index (κ1) is 17.5. The summed E-state index contributed by atoms with van der Waals surface area (Å²) in [7, 11) is -4.06. The van der Waals surface area contributed by atoms with Crippen molar-refractivity contribution in [2.24, 2.45) is 0 Å². The molecule has 0 radical (unpaired) electrons. The molecule has 0 saturated heterocycles. The van der Waals surface area contributed by atoms with Crippen molar-refractivity contribution >= 4 is 15.9 Å². The van der Waals surface area contributed by atoms with Crippen LogP contribution in [0.15, 0.2) is 23.1 Å². The second kappa shape index (κ2) is 6.95. The van der Waals surface area contributed by atoms with Gasteiger partial charge in [-0.25, -0.2) is 17.2 Å². The van der Waals surface area contributed by atoms with Crippen LogP contribution in [0, 0.1) is 11.6 Å². The van der Waals surface area contributed by atoms with E-state index in [0.717, 1.165) is 16.4 Å². The molecule has 0 aromatic heterocycles. The molecule has 21 heavy (non-hydrogen) atoms. The van der Waals surface area contributed by atoms with Crippen molar-refractivity contribution in [1.29, 1.82) is 0 Å². The van der Waals surface area contributed by atoms with Crippen LogP contribution < -0.4 is 5.32 Å². The van der Waals surface area contributed by atoms with E-state index in [9.17, 15) is 22.0 Å². The van der Waals surface area contributed by atoms with Crippen LogP contribution in [-0.4, -0.2) is 37.8 Å². The Hall–Kier alpha value is -1.54. The van der Waals surface area contributed by atoms with E-state index < -0.39 is 27.6 Å². The maximum atomic E-state index is 13.2. The van der Waals surface area contributed by atoms with Gasteiger partial charge in [-0.15, -0.1) is 0 Å². The van der Waals surface area contributed by atoms with Gasteiger partial charge in [-0.2, -0.15) is 4.31 Å². The second-order valence-electron chi connectivity index (χ2n) is 4.73. The molecular weight excluding hydrogens is 302 g/mol. The lowest BCUT2D eigenvalue weighted by molar-refractivity contribution is -0.121. The molecule has 1 amide bonds. The number of halogens is 2. The molecule has 1 aromatic rings. The maximum Gasteiger partial charge on any atom is 0.243 e. The molecule has 0 spiro atoms. The number of hydrogen-bond acceptors (Lipinski definition) is 3. The topological polar surface area (TPSA) is 66.5 Å². The smallest absolute Gasteiger partial charge is 0.243 e. The molecule has 0 aliphatic carbocycles. The predicted molar refractivity (Wildman–Crippen MR) is 74.1 cm³/mol. The van der Waals surface area contributed by atoms with Crippen molar-refractivity contribution in [2.75, 3.05) is 13.1 Å². The van der Waals surface area contributed by atoms with Crippen molar-refractivity contribution in [1.82, 2.24) is 9.62 Å². The minimum atomic E-state index is -4.06. The van der Waals surface area contributed by atoms with Crippen molar-refractivity contribution < 1.29 is 22.0 Å². The molecule has 0 aliphatic heterocycles. The minimum Gasteiger partial charge on any atom is -0.353 e. The molecule has 0 heterocycles. The van der Waals surface area contributed by atoms with Gasteiger partial charge in [0, 0.05) is 12.6 Å². The fourth-order valence-corrected chi connectivity index (χ4v) is 3.10. The summed E-state index contributed by atoms with van der Waals surface area (Å²) in [5.41, 5.74) is 0. The van der Waals surface area contributed by atoms with E-state index in [1.807, 2.05) is 0 Å². The molecule has 1 aromatic carbocycles. The third-order valence-electron chi connectivity index (χ3n) is 2.65. The summed E-state index contributed by atoms with van der Waals surface area (Å²) >= 11 is 0. The Labute approximate surface area is 123 Å². The fourth-order valence-electron chi connectivity index (χ4n) is 1.68. The normalized spacial score (nSPS) is 12.0. The highest BCUT2D eigenvalue weighted by atomic mass is 32.2. The number of sulfonamides is 1. The molecule has 1 N–H and O–H groups in total. The van der Waals surface area contributed by atoms with E-state index in [0.29, 0.717) is 6.07 Å². The molecule has 118 valence electrons. The fraction of sp³-hybridized carbons (Fsp3) is 0.462. The average molecular weight is 320 g/mol. The van der Waals surface area contributed by atoms with E-state index in [4.69, 9.17) is 0 Å². The SMILES string of the molecule is CCN(CC(=O)NC(C)C)S(=O)(=O)c1ccc(F)c(F)c1. The van der Waals surface area contributed by atoms with Gasteiger partial charge in [0.25, 0.3) is 0 Å². The Morgan fingerprint density at radius 1 is 1.29 bits per heavy atom. The molecule has 0 bridgehead atoms. The van der Waals surface area contributed by atoms with Gasteiger partial charge in [0.05, 0.1) is 11.4 Å².